The second-order valence-electron chi connectivity index (χ2n) is 5.59. The first-order valence-corrected chi connectivity index (χ1v) is 8.43. The summed E-state index contributed by atoms with van der Waals surface area (Å²) in [5.74, 6) is -0.628. The van der Waals surface area contributed by atoms with E-state index in [9.17, 15) is 14.4 Å². The van der Waals surface area contributed by atoms with Gasteiger partial charge in [-0.05, 0) is 48.4 Å². The number of hydrogen-bond donors (Lipinski definition) is 0. The summed E-state index contributed by atoms with van der Waals surface area (Å²) in [6.45, 7) is 1.18. The molecule has 0 bridgehead atoms. The SMILES string of the molecule is N#Cc1ccc(/C=C2/SC(=O)N(CC(=O)N3CCCC3)C2=O)cc1. The monoisotopic (exact) mass is 341 g/mol. The van der Waals surface area contributed by atoms with Crippen LogP contribution in [0.4, 0.5) is 4.79 Å². The summed E-state index contributed by atoms with van der Waals surface area (Å²) >= 11 is 0.834. The van der Waals surface area contributed by atoms with Crippen LogP contribution in [0, 0.1) is 11.3 Å². The first-order chi connectivity index (χ1) is 11.6. The molecular weight excluding hydrogens is 326 g/mol. The quantitative estimate of drug-likeness (QED) is 0.787. The van der Waals surface area contributed by atoms with E-state index in [0.717, 1.165) is 35.1 Å². The normalized spacial score (nSPS) is 19.2. The molecule has 0 saturated carbocycles. The Balaban J connectivity index is 1.72. The van der Waals surface area contributed by atoms with Gasteiger partial charge >= 0.3 is 0 Å². The van der Waals surface area contributed by atoms with E-state index in [1.165, 1.54) is 0 Å². The summed E-state index contributed by atoms with van der Waals surface area (Å²) in [6, 6.07) is 8.73. The number of imide groups is 1. The minimum atomic E-state index is -0.443. The van der Waals surface area contributed by atoms with Gasteiger partial charge in [0.1, 0.15) is 6.54 Å². The molecule has 0 radical (unpaired) electrons. The van der Waals surface area contributed by atoms with Gasteiger partial charge in [0.25, 0.3) is 11.1 Å². The third kappa shape index (κ3) is 3.34. The molecule has 0 N–H and O–H groups in total. The molecule has 3 amide bonds. The number of amides is 3. The topological polar surface area (TPSA) is 81.5 Å². The smallest absolute Gasteiger partial charge is 0.294 e. The lowest BCUT2D eigenvalue weighted by Crippen LogP contribution is -2.40. The summed E-state index contributed by atoms with van der Waals surface area (Å²) in [7, 11) is 0. The molecule has 122 valence electrons. The van der Waals surface area contributed by atoms with Crippen LogP contribution in [-0.4, -0.2) is 46.5 Å². The van der Waals surface area contributed by atoms with Crippen molar-refractivity contribution in [2.45, 2.75) is 12.8 Å². The highest BCUT2D eigenvalue weighted by Crippen LogP contribution is 2.32. The molecule has 7 heteroatoms. The van der Waals surface area contributed by atoms with Crippen LogP contribution >= 0.6 is 11.8 Å². The first-order valence-electron chi connectivity index (χ1n) is 7.62. The number of rotatable bonds is 3. The number of hydrogen-bond acceptors (Lipinski definition) is 5. The Bertz CT molecular complexity index is 758. The third-order valence-electron chi connectivity index (χ3n) is 3.96. The Morgan fingerprint density at radius 3 is 2.50 bits per heavy atom. The van der Waals surface area contributed by atoms with Gasteiger partial charge in [-0.1, -0.05) is 12.1 Å². The average Bonchev–Trinajstić information content (AvgIpc) is 3.20. The van der Waals surface area contributed by atoms with Gasteiger partial charge in [-0.15, -0.1) is 0 Å². The molecule has 2 heterocycles. The summed E-state index contributed by atoms with van der Waals surface area (Å²) in [6.07, 6.45) is 3.53. The van der Waals surface area contributed by atoms with E-state index < -0.39 is 11.1 Å². The molecule has 2 fully saturated rings. The second kappa shape index (κ2) is 6.89. The molecule has 0 spiro atoms. The Morgan fingerprint density at radius 1 is 1.21 bits per heavy atom. The van der Waals surface area contributed by atoms with Crippen molar-refractivity contribution in [2.24, 2.45) is 0 Å². The van der Waals surface area contributed by atoms with Crippen LogP contribution in [0.3, 0.4) is 0 Å². The van der Waals surface area contributed by atoms with E-state index in [2.05, 4.69) is 0 Å². The molecule has 1 aromatic rings. The van der Waals surface area contributed by atoms with Gasteiger partial charge in [0.2, 0.25) is 5.91 Å². The van der Waals surface area contributed by atoms with Crippen molar-refractivity contribution in [3.63, 3.8) is 0 Å². The van der Waals surface area contributed by atoms with Crippen LogP contribution in [0.15, 0.2) is 29.2 Å². The van der Waals surface area contributed by atoms with Crippen LogP contribution in [0.25, 0.3) is 6.08 Å². The van der Waals surface area contributed by atoms with E-state index >= 15 is 0 Å². The zero-order valence-corrected chi connectivity index (χ0v) is 13.7. The van der Waals surface area contributed by atoms with Crippen molar-refractivity contribution in [1.82, 2.24) is 9.80 Å². The number of nitriles is 1. The molecule has 2 aliphatic heterocycles. The molecule has 2 saturated heterocycles. The minimum absolute atomic E-state index is 0.186. The number of carbonyl (C=O) groups excluding carboxylic acids is 3. The summed E-state index contributed by atoms with van der Waals surface area (Å²) in [5, 5.41) is 8.36. The van der Waals surface area contributed by atoms with Crippen molar-refractivity contribution in [2.75, 3.05) is 19.6 Å². The van der Waals surface area contributed by atoms with E-state index in [1.807, 2.05) is 6.07 Å². The zero-order chi connectivity index (χ0) is 17.1. The summed E-state index contributed by atoms with van der Waals surface area (Å²) < 4.78 is 0. The van der Waals surface area contributed by atoms with Crippen molar-refractivity contribution < 1.29 is 14.4 Å². The van der Waals surface area contributed by atoms with E-state index in [0.29, 0.717) is 23.6 Å². The minimum Gasteiger partial charge on any atom is -0.341 e. The van der Waals surface area contributed by atoms with Gasteiger partial charge in [-0.2, -0.15) is 5.26 Å². The molecule has 6 nitrogen and oxygen atoms in total. The number of likely N-dealkylation sites (tertiary alicyclic amines) is 1. The first kappa shape index (κ1) is 16.3. The largest absolute Gasteiger partial charge is 0.341 e. The van der Waals surface area contributed by atoms with Gasteiger partial charge in [0, 0.05) is 13.1 Å². The molecular formula is C17H15N3O3S. The van der Waals surface area contributed by atoms with Gasteiger partial charge < -0.3 is 4.90 Å². The molecule has 0 aromatic heterocycles. The Morgan fingerprint density at radius 2 is 1.88 bits per heavy atom. The van der Waals surface area contributed by atoms with Gasteiger partial charge in [0.05, 0.1) is 16.5 Å². The van der Waals surface area contributed by atoms with E-state index in [-0.39, 0.29) is 12.5 Å². The van der Waals surface area contributed by atoms with Crippen LogP contribution in [-0.2, 0) is 9.59 Å². The average molecular weight is 341 g/mol. The molecule has 24 heavy (non-hydrogen) atoms. The van der Waals surface area contributed by atoms with Crippen LogP contribution in [0.5, 0.6) is 0 Å². The van der Waals surface area contributed by atoms with Crippen molar-refractivity contribution in [3.8, 4) is 6.07 Å². The maximum atomic E-state index is 12.4. The van der Waals surface area contributed by atoms with Gasteiger partial charge in [-0.25, -0.2) is 0 Å². The predicted octanol–water partition coefficient (Wildman–Crippen LogP) is 2.22. The lowest BCUT2D eigenvalue weighted by molar-refractivity contribution is -0.135. The number of nitrogens with zero attached hydrogens (tertiary/aromatic N) is 3. The van der Waals surface area contributed by atoms with Gasteiger partial charge in [-0.3, -0.25) is 19.3 Å². The van der Waals surface area contributed by atoms with Crippen LogP contribution in [0.1, 0.15) is 24.0 Å². The predicted molar refractivity (Wildman–Crippen MR) is 89.6 cm³/mol. The second-order valence-corrected chi connectivity index (χ2v) is 6.58. The maximum absolute atomic E-state index is 12.4. The highest BCUT2D eigenvalue weighted by Gasteiger charge is 2.37. The molecule has 1 aromatic carbocycles. The van der Waals surface area contributed by atoms with Crippen molar-refractivity contribution >= 4 is 34.9 Å². The lowest BCUT2D eigenvalue weighted by Gasteiger charge is -2.18. The standard InChI is InChI=1S/C17H15N3O3S/c18-10-13-5-3-12(4-6-13)9-14-16(22)20(17(23)24-14)11-15(21)19-7-1-2-8-19/h3-6,9H,1-2,7-8,11H2/b14-9+. The number of carbonyl (C=O) groups is 3. The zero-order valence-electron chi connectivity index (χ0n) is 12.9. The molecule has 0 aliphatic carbocycles. The fourth-order valence-electron chi connectivity index (χ4n) is 2.64. The van der Waals surface area contributed by atoms with Crippen LogP contribution < -0.4 is 0 Å². The highest BCUT2D eigenvalue weighted by atomic mass is 32.2. The summed E-state index contributed by atoms with van der Waals surface area (Å²) in [4.78, 5) is 39.6. The number of benzene rings is 1. The third-order valence-corrected chi connectivity index (χ3v) is 4.87. The van der Waals surface area contributed by atoms with Crippen molar-refractivity contribution in [3.05, 3.63) is 40.3 Å². The molecule has 0 atom stereocenters. The van der Waals surface area contributed by atoms with Crippen LogP contribution in [0.2, 0.25) is 0 Å². The fraction of sp³-hybridized carbons (Fsp3) is 0.294. The molecule has 2 aliphatic rings. The van der Waals surface area contributed by atoms with Gasteiger partial charge in [0.15, 0.2) is 0 Å². The Hall–Kier alpha value is -2.59. The molecule has 0 unspecified atom stereocenters. The van der Waals surface area contributed by atoms with Crippen molar-refractivity contribution in [1.29, 1.82) is 5.26 Å². The fourth-order valence-corrected chi connectivity index (χ4v) is 3.48. The Kier molecular flexibility index (Phi) is 4.67. The van der Waals surface area contributed by atoms with E-state index in [1.54, 1.807) is 35.2 Å². The summed E-state index contributed by atoms with van der Waals surface area (Å²) in [5.41, 5.74) is 1.25. The Labute approximate surface area is 143 Å². The lowest BCUT2D eigenvalue weighted by atomic mass is 10.1. The van der Waals surface area contributed by atoms with E-state index in [4.69, 9.17) is 5.26 Å². The maximum Gasteiger partial charge on any atom is 0.294 e. The number of thioether (sulfide) groups is 1. The molecule has 3 rings (SSSR count). The highest BCUT2D eigenvalue weighted by molar-refractivity contribution is 8.18.